The second-order valence-electron chi connectivity index (χ2n) is 7.26. The average molecular weight is 383 g/mol. The number of hydrogen-bond donors (Lipinski definition) is 2. The van der Waals surface area contributed by atoms with Crippen molar-refractivity contribution in [2.24, 2.45) is 0 Å². The molecule has 1 heterocycles. The molecule has 0 bridgehead atoms. The lowest BCUT2D eigenvalue weighted by atomic mass is 9.91. The number of aliphatic hydroxyl groups is 1. The molecule has 0 spiro atoms. The summed E-state index contributed by atoms with van der Waals surface area (Å²) in [6.45, 7) is 2.98. The number of hydrogen-bond acceptors (Lipinski definition) is 4. The van der Waals surface area contributed by atoms with Gasteiger partial charge < -0.3 is 19.8 Å². The maximum absolute atomic E-state index is 12.5. The minimum absolute atomic E-state index is 0.0493. The van der Waals surface area contributed by atoms with Crippen molar-refractivity contribution < 1.29 is 24.5 Å². The van der Waals surface area contributed by atoms with Crippen molar-refractivity contribution in [1.82, 2.24) is 4.90 Å². The highest BCUT2D eigenvalue weighted by atomic mass is 16.5. The van der Waals surface area contributed by atoms with E-state index < -0.39 is 11.6 Å². The highest BCUT2D eigenvalue weighted by Gasteiger charge is 2.40. The maximum atomic E-state index is 12.5. The topological polar surface area (TPSA) is 87.1 Å². The van der Waals surface area contributed by atoms with E-state index in [0.29, 0.717) is 12.4 Å². The molecule has 3 rings (SSSR count). The summed E-state index contributed by atoms with van der Waals surface area (Å²) in [7, 11) is 0. The second-order valence-corrected chi connectivity index (χ2v) is 7.26. The summed E-state index contributed by atoms with van der Waals surface area (Å²) in [5.41, 5.74) is 1.40. The zero-order valence-electron chi connectivity index (χ0n) is 15.9. The van der Waals surface area contributed by atoms with E-state index in [0.717, 1.165) is 11.1 Å². The second kappa shape index (κ2) is 8.44. The Hall–Kier alpha value is -2.86. The highest BCUT2D eigenvalue weighted by molar-refractivity contribution is 5.81. The fraction of sp³-hybridized carbons (Fsp3) is 0.364. The summed E-state index contributed by atoms with van der Waals surface area (Å²) >= 11 is 0. The summed E-state index contributed by atoms with van der Waals surface area (Å²) in [5.74, 6) is -0.603. The molecule has 1 amide bonds. The van der Waals surface area contributed by atoms with E-state index in [2.05, 4.69) is 0 Å². The van der Waals surface area contributed by atoms with Crippen molar-refractivity contribution in [3.63, 3.8) is 0 Å². The monoisotopic (exact) mass is 383 g/mol. The average Bonchev–Trinajstić information content (AvgIpc) is 2.68. The van der Waals surface area contributed by atoms with Crippen molar-refractivity contribution >= 4 is 11.9 Å². The number of aliphatic carboxylic acids is 1. The molecular formula is C22H25NO5. The summed E-state index contributed by atoms with van der Waals surface area (Å²) in [6, 6.07) is 15.5. The third kappa shape index (κ3) is 4.70. The molecule has 28 heavy (non-hydrogen) atoms. The first kappa shape index (κ1) is 19.9. The van der Waals surface area contributed by atoms with Crippen LogP contribution in [0.15, 0.2) is 48.5 Å². The number of piperidine rings is 1. The fourth-order valence-corrected chi connectivity index (χ4v) is 3.30. The maximum Gasteiger partial charge on any atom is 0.335 e. The van der Waals surface area contributed by atoms with Gasteiger partial charge in [-0.25, -0.2) is 4.79 Å². The van der Waals surface area contributed by atoms with Gasteiger partial charge >= 0.3 is 5.97 Å². The summed E-state index contributed by atoms with van der Waals surface area (Å²) in [4.78, 5) is 25.2. The van der Waals surface area contributed by atoms with Gasteiger partial charge in [0.05, 0.1) is 6.42 Å². The van der Waals surface area contributed by atoms with Crippen molar-refractivity contribution in [1.29, 1.82) is 0 Å². The van der Waals surface area contributed by atoms with Gasteiger partial charge in [0, 0.05) is 25.9 Å². The zero-order valence-corrected chi connectivity index (χ0v) is 15.9. The number of ether oxygens (including phenoxy) is 1. The molecule has 0 atom stereocenters. The van der Waals surface area contributed by atoms with Crippen LogP contribution in [0.4, 0.5) is 0 Å². The lowest BCUT2D eigenvalue weighted by Gasteiger charge is -2.35. The highest BCUT2D eigenvalue weighted by Crippen LogP contribution is 2.23. The van der Waals surface area contributed by atoms with Crippen molar-refractivity contribution in [3.05, 3.63) is 65.2 Å². The minimum atomic E-state index is -1.72. The number of aryl methyl sites for hydroxylation is 1. The zero-order chi connectivity index (χ0) is 20.1. The van der Waals surface area contributed by atoms with Crippen LogP contribution in [0, 0.1) is 6.92 Å². The lowest BCUT2D eigenvalue weighted by Crippen LogP contribution is -2.51. The molecule has 0 radical (unpaired) electrons. The number of carboxylic acids is 1. The number of carboxylic acid groups (broad SMARTS) is 1. The standard InChI is InChI=1S/C22H25NO5/c1-16-5-2-3-7-18(16)15-28-19-8-4-6-17(13-19)14-20(24)23-11-9-22(27,10-12-23)21(25)26/h2-8,13,27H,9-12,14-15H2,1H3,(H,25,26). The van der Waals surface area contributed by atoms with Gasteiger partial charge in [-0.1, -0.05) is 36.4 Å². The van der Waals surface area contributed by atoms with Gasteiger partial charge in [-0.15, -0.1) is 0 Å². The molecule has 1 aliphatic heterocycles. The van der Waals surface area contributed by atoms with Gasteiger partial charge in [0.1, 0.15) is 12.4 Å². The number of amides is 1. The van der Waals surface area contributed by atoms with Crippen LogP contribution < -0.4 is 4.74 Å². The number of carbonyl (C=O) groups excluding carboxylic acids is 1. The Labute approximate surface area is 164 Å². The van der Waals surface area contributed by atoms with Crippen LogP contribution in [0.5, 0.6) is 5.75 Å². The fourth-order valence-electron chi connectivity index (χ4n) is 3.30. The van der Waals surface area contributed by atoms with Crippen LogP contribution in [0.3, 0.4) is 0 Å². The van der Waals surface area contributed by atoms with Gasteiger partial charge in [-0.3, -0.25) is 4.79 Å². The van der Waals surface area contributed by atoms with E-state index in [9.17, 15) is 14.7 Å². The van der Waals surface area contributed by atoms with Crippen LogP contribution in [-0.4, -0.2) is 45.7 Å². The Morgan fingerprint density at radius 2 is 1.82 bits per heavy atom. The molecule has 0 aliphatic carbocycles. The number of rotatable bonds is 6. The van der Waals surface area contributed by atoms with E-state index in [1.807, 2.05) is 55.5 Å². The van der Waals surface area contributed by atoms with Gasteiger partial charge in [-0.2, -0.15) is 0 Å². The summed E-state index contributed by atoms with van der Waals surface area (Å²) < 4.78 is 5.87. The Kier molecular flexibility index (Phi) is 5.99. The molecular weight excluding hydrogens is 358 g/mol. The van der Waals surface area contributed by atoms with E-state index in [1.165, 1.54) is 5.56 Å². The molecule has 2 aromatic rings. The number of likely N-dealkylation sites (tertiary alicyclic amines) is 1. The molecule has 1 fully saturated rings. The number of nitrogens with zero attached hydrogens (tertiary/aromatic N) is 1. The first-order chi connectivity index (χ1) is 13.4. The smallest absolute Gasteiger partial charge is 0.335 e. The molecule has 1 saturated heterocycles. The number of benzene rings is 2. The van der Waals surface area contributed by atoms with Gasteiger partial charge in [0.25, 0.3) is 0 Å². The molecule has 1 aliphatic rings. The molecule has 2 aromatic carbocycles. The lowest BCUT2D eigenvalue weighted by molar-refractivity contribution is -0.165. The summed E-state index contributed by atoms with van der Waals surface area (Å²) in [6.07, 6.45) is 0.314. The van der Waals surface area contributed by atoms with E-state index >= 15 is 0 Å². The Morgan fingerprint density at radius 3 is 2.50 bits per heavy atom. The Bertz CT molecular complexity index is 856. The van der Waals surface area contributed by atoms with Crippen molar-refractivity contribution in [2.45, 2.75) is 38.4 Å². The van der Waals surface area contributed by atoms with Crippen LogP contribution in [0.25, 0.3) is 0 Å². The summed E-state index contributed by atoms with van der Waals surface area (Å²) in [5, 5.41) is 19.1. The molecule has 0 aromatic heterocycles. The van der Waals surface area contributed by atoms with E-state index in [4.69, 9.17) is 9.84 Å². The van der Waals surface area contributed by atoms with Gasteiger partial charge in [-0.05, 0) is 35.7 Å². The predicted octanol–water partition coefficient (Wildman–Crippen LogP) is 2.55. The van der Waals surface area contributed by atoms with Crippen LogP contribution in [-0.2, 0) is 22.6 Å². The predicted molar refractivity (Wildman–Crippen MR) is 104 cm³/mol. The Balaban J connectivity index is 1.56. The van der Waals surface area contributed by atoms with Crippen LogP contribution >= 0.6 is 0 Å². The molecule has 2 N–H and O–H groups in total. The van der Waals surface area contributed by atoms with Gasteiger partial charge in [0.15, 0.2) is 5.60 Å². The van der Waals surface area contributed by atoms with Crippen LogP contribution in [0.1, 0.15) is 29.5 Å². The SMILES string of the molecule is Cc1ccccc1COc1cccc(CC(=O)N2CCC(O)(C(=O)O)CC2)c1. The van der Waals surface area contributed by atoms with Gasteiger partial charge in [0.2, 0.25) is 5.91 Å². The molecule has 6 nitrogen and oxygen atoms in total. The number of carbonyl (C=O) groups is 2. The Morgan fingerprint density at radius 1 is 1.11 bits per heavy atom. The first-order valence-electron chi connectivity index (χ1n) is 9.37. The third-order valence-electron chi connectivity index (χ3n) is 5.25. The molecule has 0 unspecified atom stereocenters. The minimum Gasteiger partial charge on any atom is -0.489 e. The van der Waals surface area contributed by atoms with Crippen LogP contribution in [0.2, 0.25) is 0 Å². The molecule has 148 valence electrons. The quantitative estimate of drug-likeness (QED) is 0.801. The third-order valence-corrected chi connectivity index (χ3v) is 5.25. The largest absolute Gasteiger partial charge is 0.489 e. The first-order valence-corrected chi connectivity index (χ1v) is 9.37. The molecule has 0 saturated carbocycles. The van der Waals surface area contributed by atoms with Crippen molar-refractivity contribution in [3.8, 4) is 5.75 Å². The normalized spacial score (nSPS) is 15.9. The van der Waals surface area contributed by atoms with E-state index in [-0.39, 0.29) is 38.3 Å². The van der Waals surface area contributed by atoms with E-state index in [1.54, 1.807) is 4.90 Å². The van der Waals surface area contributed by atoms with Crippen molar-refractivity contribution in [2.75, 3.05) is 13.1 Å². The molecule has 6 heteroatoms.